The van der Waals surface area contributed by atoms with Gasteiger partial charge in [-0.3, -0.25) is 9.59 Å². The summed E-state index contributed by atoms with van der Waals surface area (Å²) in [5.74, 6) is -0.757. The van der Waals surface area contributed by atoms with Crippen LogP contribution < -0.4 is 10.6 Å². The van der Waals surface area contributed by atoms with Crippen molar-refractivity contribution in [1.82, 2.24) is 5.32 Å². The predicted octanol–water partition coefficient (Wildman–Crippen LogP) is 6.16. The lowest BCUT2D eigenvalue weighted by Gasteiger charge is -2.13. The van der Waals surface area contributed by atoms with E-state index in [0.29, 0.717) is 20.1 Å². The van der Waals surface area contributed by atoms with E-state index in [9.17, 15) is 9.59 Å². The number of nitrogens with one attached hydrogen (secondary N) is 2. The zero-order valence-corrected chi connectivity index (χ0v) is 18.5. The molecule has 0 saturated carbocycles. The summed E-state index contributed by atoms with van der Waals surface area (Å²) in [6.07, 6.45) is 0. The Hall–Kier alpha value is -1.79. The fourth-order valence-electron chi connectivity index (χ4n) is 3.06. The summed E-state index contributed by atoms with van der Waals surface area (Å²) < 4.78 is 0.711. The number of aryl methyl sites for hydroxylation is 3. The van der Waals surface area contributed by atoms with Gasteiger partial charge in [0.25, 0.3) is 5.91 Å². The van der Waals surface area contributed by atoms with Crippen LogP contribution in [0.1, 0.15) is 26.4 Å². The Morgan fingerprint density at radius 3 is 2.29 bits per heavy atom. The molecule has 3 rings (SSSR count). The molecule has 0 spiro atoms. The first-order chi connectivity index (χ1) is 13.2. The van der Waals surface area contributed by atoms with Crippen molar-refractivity contribution in [2.75, 3.05) is 11.9 Å². The Bertz CT molecular complexity index is 1090. The molecule has 0 bridgehead atoms. The lowest BCUT2D eigenvalue weighted by Crippen LogP contribution is -2.32. The highest BCUT2D eigenvalue weighted by molar-refractivity contribution is 7.21. The molecule has 2 N–H and O–H groups in total. The van der Waals surface area contributed by atoms with Crippen molar-refractivity contribution < 1.29 is 9.59 Å². The summed E-state index contributed by atoms with van der Waals surface area (Å²) in [6.45, 7) is 5.69. The standard InChI is InChI=1S/C20H17Cl3N2O2S/c1-9-4-10(2)18(11(3)5-9)25-15(26)8-24-20(27)19-17(23)16-13(22)6-12(21)7-14(16)28-19/h4-7H,8H2,1-3H3,(H,24,27)(H,25,26). The summed E-state index contributed by atoms with van der Waals surface area (Å²) >= 11 is 19.7. The lowest BCUT2D eigenvalue weighted by atomic mass is 10.1. The highest BCUT2D eigenvalue weighted by Crippen LogP contribution is 2.41. The largest absolute Gasteiger partial charge is 0.342 e. The normalized spacial score (nSPS) is 10.9. The van der Waals surface area contributed by atoms with E-state index in [2.05, 4.69) is 10.6 Å². The maximum Gasteiger partial charge on any atom is 0.263 e. The SMILES string of the molecule is Cc1cc(C)c(NC(=O)CNC(=O)c2sc3cc(Cl)cc(Cl)c3c2Cl)c(C)c1. The molecule has 3 aromatic rings. The fourth-order valence-corrected chi connectivity index (χ4v) is 5.35. The zero-order valence-electron chi connectivity index (χ0n) is 15.4. The van der Waals surface area contributed by atoms with E-state index in [1.807, 2.05) is 32.9 Å². The third kappa shape index (κ3) is 4.28. The maximum atomic E-state index is 12.5. The zero-order chi connectivity index (χ0) is 20.6. The number of halogens is 3. The molecule has 0 aliphatic carbocycles. The van der Waals surface area contributed by atoms with Gasteiger partial charge < -0.3 is 10.6 Å². The third-order valence-corrected chi connectivity index (χ3v) is 6.35. The number of amides is 2. The maximum absolute atomic E-state index is 12.5. The Balaban J connectivity index is 1.72. The van der Waals surface area contributed by atoms with Gasteiger partial charge in [-0.15, -0.1) is 11.3 Å². The molecule has 0 unspecified atom stereocenters. The highest BCUT2D eigenvalue weighted by atomic mass is 35.5. The molecule has 28 heavy (non-hydrogen) atoms. The van der Waals surface area contributed by atoms with Gasteiger partial charge in [-0.25, -0.2) is 0 Å². The molecule has 2 amide bonds. The minimum absolute atomic E-state index is 0.176. The molecule has 4 nitrogen and oxygen atoms in total. The average molecular weight is 456 g/mol. The van der Waals surface area contributed by atoms with E-state index >= 15 is 0 Å². The summed E-state index contributed by atoms with van der Waals surface area (Å²) in [6, 6.07) is 7.26. The van der Waals surface area contributed by atoms with E-state index < -0.39 is 5.91 Å². The van der Waals surface area contributed by atoms with E-state index in [-0.39, 0.29) is 22.4 Å². The smallest absolute Gasteiger partial charge is 0.263 e. The topological polar surface area (TPSA) is 58.2 Å². The van der Waals surface area contributed by atoms with Gasteiger partial charge in [0.15, 0.2) is 0 Å². The van der Waals surface area contributed by atoms with Crippen LogP contribution in [0.25, 0.3) is 10.1 Å². The van der Waals surface area contributed by atoms with Crippen molar-refractivity contribution in [1.29, 1.82) is 0 Å². The quantitative estimate of drug-likeness (QED) is 0.495. The van der Waals surface area contributed by atoms with E-state index in [1.165, 1.54) is 11.3 Å². The number of anilines is 1. The Labute approximate surface area is 181 Å². The fraction of sp³-hybridized carbons (Fsp3) is 0.200. The molecule has 0 radical (unpaired) electrons. The predicted molar refractivity (Wildman–Crippen MR) is 118 cm³/mol. The van der Waals surface area contributed by atoms with Gasteiger partial charge in [-0.2, -0.15) is 0 Å². The van der Waals surface area contributed by atoms with Crippen LogP contribution in [0.15, 0.2) is 24.3 Å². The van der Waals surface area contributed by atoms with Crippen LogP contribution in [0.2, 0.25) is 15.1 Å². The number of carbonyl (C=O) groups is 2. The molecule has 1 aromatic heterocycles. The molecule has 0 atom stereocenters. The third-order valence-electron chi connectivity index (χ3n) is 4.21. The number of fused-ring (bicyclic) bond motifs is 1. The van der Waals surface area contributed by atoms with Crippen LogP contribution in [0, 0.1) is 20.8 Å². The number of thiophene rings is 1. The summed E-state index contributed by atoms with van der Waals surface area (Å²) in [4.78, 5) is 25.1. The van der Waals surface area contributed by atoms with Gasteiger partial charge in [-0.05, 0) is 44.0 Å². The molecule has 0 fully saturated rings. The van der Waals surface area contributed by atoms with Crippen LogP contribution in [0.5, 0.6) is 0 Å². The Kier molecular flexibility index (Phi) is 6.20. The number of hydrogen-bond donors (Lipinski definition) is 2. The summed E-state index contributed by atoms with van der Waals surface area (Å²) in [5, 5.41) is 7.13. The molecule has 2 aromatic carbocycles. The second kappa shape index (κ2) is 8.29. The van der Waals surface area contributed by atoms with Crippen molar-refractivity contribution in [3.8, 4) is 0 Å². The first-order valence-corrected chi connectivity index (χ1v) is 10.4. The van der Waals surface area contributed by atoms with Crippen LogP contribution >= 0.6 is 46.1 Å². The molecule has 0 aliphatic heterocycles. The first-order valence-electron chi connectivity index (χ1n) is 8.40. The van der Waals surface area contributed by atoms with Crippen LogP contribution in [-0.4, -0.2) is 18.4 Å². The van der Waals surface area contributed by atoms with Crippen molar-refractivity contribution in [2.45, 2.75) is 20.8 Å². The summed E-state index contributed by atoms with van der Waals surface area (Å²) in [7, 11) is 0. The van der Waals surface area contributed by atoms with Gasteiger partial charge in [0.1, 0.15) is 4.88 Å². The molecule has 1 heterocycles. The molecule has 0 saturated heterocycles. The van der Waals surface area contributed by atoms with Gasteiger partial charge >= 0.3 is 0 Å². The number of carbonyl (C=O) groups excluding carboxylic acids is 2. The summed E-state index contributed by atoms with van der Waals surface area (Å²) in [5.41, 5.74) is 3.82. The van der Waals surface area contributed by atoms with Crippen LogP contribution in [-0.2, 0) is 4.79 Å². The van der Waals surface area contributed by atoms with Gasteiger partial charge in [0.05, 0.1) is 16.6 Å². The van der Waals surface area contributed by atoms with E-state index in [1.54, 1.807) is 12.1 Å². The van der Waals surface area contributed by atoms with Gasteiger partial charge in [0, 0.05) is 20.8 Å². The highest BCUT2D eigenvalue weighted by Gasteiger charge is 2.20. The second-order valence-corrected chi connectivity index (χ2v) is 8.78. The molecule has 8 heteroatoms. The lowest BCUT2D eigenvalue weighted by molar-refractivity contribution is -0.115. The number of rotatable bonds is 4. The van der Waals surface area contributed by atoms with Crippen molar-refractivity contribution in [3.63, 3.8) is 0 Å². The monoisotopic (exact) mass is 454 g/mol. The molecular formula is C20H17Cl3N2O2S. The molecule has 146 valence electrons. The van der Waals surface area contributed by atoms with Crippen LogP contribution in [0.4, 0.5) is 5.69 Å². The first kappa shape index (κ1) is 20.9. The second-order valence-electron chi connectivity index (χ2n) is 6.51. The van der Waals surface area contributed by atoms with Crippen molar-refractivity contribution in [2.24, 2.45) is 0 Å². The average Bonchev–Trinajstić information content (AvgIpc) is 2.92. The minimum Gasteiger partial charge on any atom is -0.342 e. The number of benzene rings is 2. The van der Waals surface area contributed by atoms with E-state index in [4.69, 9.17) is 34.8 Å². The molecule has 0 aliphatic rings. The minimum atomic E-state index is -0.439. The Morgan fingerprint density at radius 2 is 1.64 bits per heavy atom. The number of hydrogen-bond acceptors (Lipinski definition) is 3. The van der Waals surface area contributed by atoms with Crippen molar-refractivity contribution in [3.05, 3.63) is 60.9 Å². The Morgan fingerprint density at radius 1 is 1.00 bits per heavy atom. The van der Waals surface area contributed by atoms with Crippen LogP contribution in [0.3, 0.4) is 0 Å². The van der Waals surface area contributed by atoms with Gasteiger partial charge in [0.2, 0.25) is 5.91 Å². The van der Waals surface area contributed by atoms with Crippen molar-refractivity contribution >= 4 is 73.7 Å². The van der Waals surface area contributed by atoms with Gasteiger partial charge in [-0.1, -0.05) is 52.5 Å². The van der Waals surface area contributed by atoms with E-state index in [0.717, 1.165) is 22.4 Å². The molecular weight excluding hydrogens is 439 g/mol.